The fourth-order valence-corrected chi connectivity index (χ4v) is 1.35. The molecule has 1 fully saturated rings. The number of ketones is 1. The Bertz CT molecular complexity index is 144. The first-order valence-corrected chi connectivity index (χ1v) is 3.80. The first-order chi connectivity index (χ1) is 4.63. The molecular weight excluding hydrogens is 131 g/mol. The second kappa shape index (κ2) is 2.69. The first kappa shape index (κ1) is 7.70. The smallest absolute Gasteiger partial charge is 0.169 e. The van der Waals surface area contributed by atoms with E-state index in [0.29, 0.717) is 0 Å². The predicted octanol–water partition coefficient (Wildman–Crippen LogP) is 1.96. The third kappa shape index (κ3) is 1.20. The maximum Gasteiger partial charge on any atom is 0.169 e. The largest absolute Gasteiger partial charge is 0.296 e. The molecular formula is C8H13FO. The van der Waals surface area contributed by atoms with Gasteiger partial charge in [-0.3, -0.25) is 4.79 Å². The third-order valence-electron chi connectivity index (χ3n) is 2.31. The van der Waals surface area contributed by atoms with Crippen molar-refractivity contribution in [2.45, 2.75) is 32.9 Å². The Morgan fingerprint density at radius 3 is 2.50 bits per heavy atom. The zero-order chi connectivity index (χ0) is 7.72. The number of Topliss-reactive ketones (excluding diaryl/α,β-unsaturated/α-hetero) is 1. The molecule has 1 saturated carbocycles. The van der Waals surface area contributed by atoms with Crippen molar-refractivity contribution >= 4 is 5.78 Å². The summed E-state index contributed by atoms with van der Waals surface area (Å²) in [6, 6.07) is 0. The van der Waals surface area contributed by atoms with Crippen LogP contribution in [0.15, 0.2) is 0 Å². The second-order valence-electron chi connectivity index (χ2n) is 3.26. The third-order valence-corrected chi connectivity index (χ3v) is 2.31. The number of hydrogen-bond acceptors (Lipinski definition) is 1. The average Bonchev–Trinajstić information content (AvgIpc) is 1.93. The molecule has 0 aromatic carbocycles. The van der Waals surface area contributed by atoms with Crippen LogP contribution in [0.5, 0.6) is 0 Å². The van der Waals surface area contributed by atoms with Crippen molar-refractivity contribution in [3.8, 4) is 0 Å². The molecule has 0 spiro atoms. The molecule has 3 atom stereocenters. The molecule has 0 aromatic heterocycles. The van der Waals surface area contributed by atoms with E-state index in [1.54, 1.807) is 13.8 Å². The van der Waals surface area contributed by atoms with Gasteiger partial charge in [0.2, 0.25) is 0 Å². The van der Waals surface area contributed by atoms with Gasteiger partial charge >= 0.3 is 0 Å². The summed E-state index contributed by atoms with van der Waals surface area (Å²) in [6.45, 7) is 3.61. The van der Waals surface area contributed by atoms with Crippen LogP contribution in [0, 0.1) is 11.8 Å². The molecule has 0 amide bonds. The van der Waals surface area contributed by atoms with Crippen LogP contribution in [0.4, 0.5) is 4.39 Å². The maximum atomic E-state index is 12.9. The molecule has 0 heterocycles. The molecule has 1 nitrogen and oxygen atoms in total. The van der Waals surface area contributed by atoms with Crippen molar-refractivity contribution in [3.05, 3.63) is 0 Å². The van der Waals surface area contributed by atoms with E-state index in [9.17, 15) is 9.18 Å². The molecule has 0 N–H and O–H groups in total. The van der Waals surface area contributed by atoms with Gasteiger partial charge in [0.1, 0.15) is 0 Å². The predicted molar refractivity (Wildman–Crippen MR) is 37.5 cm³/mol. The van der Waals surface area contributed by atoms with Gasteiger partial charge in [-0.2, -0.15) is 0 Å². The Kier molecular flexibility index (Phi) is 2.07. The van der Waals surface area contributed by atoms with Gasteiger partial charge in [0.05, 0.1) is 0 Å². The lowest BCUT2D eigenvalue weighted by atomic mass is 9.81. The standard InChI is InChI=1S/C8H13FO/c1-5-3-4-6(2)8(10)7(5)9/h5-7H,3-4H2,1-2H3/t5-,6-,7-/m1/s1. The Labute approximate surface area is 60.6 Å². The van der Waals surface area contributed by atoms with Crippen molar-refractivity contribution < 1.29 is 9.18 Å². The van der Waals surface area contributed by atoms with Crippen LogP contribution >= 0.6 is 0 Å². The van der Waals surface area contributed by atoms with E-state index in [-0.39, 0.29) is 17.6 Å². The van der Waals surface area contributed by atoms with E-state index in [1.165, 1.54) is 0 Å². The van der Waals surface area contributed by atoms with Crippen molar-refractivity contribution in [1.82, 2.24) is 0 Å². The highest BCUT2D eigenvalue weighted by molar-refractivity contribution is 5.85. The van der Waals surface area contributed by atoms with Crippen molar-refractivity contribution in [2.75, 3.05) is 0 Å². The zero-order valence-corrected chi connectivity index (χ0v) is 6.43. The molecule has 0 unspecified atom stereocenters. The summed E-state index contributed by atoms with van der Waals surface area (Å²) in [6.07, 6.45) is 0.526. The summed E-state index contributed by atoms with van der Waals surface area (Å²) in [4.78, 5) is 11.0. The zero-order valence-electron chi connectivity index (χ0n) is 6.43. The van der Waals surface area contributed by atoms with Gasteiger partial charge in [0, 0.05) is 5.92 Å². The molecule has 2 heteroatoms. The normalized spacial score (nSPS) is 41.9. The van der Waals surface area contributed by atoms with Crippen LogP contribution in [-0.2, 0) is 4.79 Å². The Hall–Kier alpha value is -0.400. The molecule has 0 aliphatic heterocycles. The fraction of sp³-hybridized carbons (Fsp3) is 0.875. The van der Waals surface area contributed by atoms with E-state index in [2.05, 4.69) is 0 Å². The quantitative estimate of drug-likeness (QED) is 0.508. The molecule has 58 valence electrons. The second-order valence-corrected chi connectivity index (χ2v) is 3.26. The van der Waals surface area contributed by atoms with Crippen LogP contribution in [0.3, 0.4) is 0 Å². The van der Waals surface area contributed by atoms with E-state index < -0.39 is 6.17 Å². The minimum absolute atomic E-state index is 0.0498. The molecule has 0 radical (unpaired) electrons. The summed E-state index contributed by atoms with van der Waals surface area (Å²) >= 11 is 0. The number of alkyl halides is 1. The Morgan fingerprint density at radius 1 is 1.40 bits per heavy atom. The Morgan fingerprint density at radius 2 is 2.00 bits per heavy atom. The monoisotopic (exact) mass is 144 g/mol. The SMILES string of the molecule is C[C@@H]1CC[C@@H](C)[C@@H](F)C1=O. The van der Waals surface area contributed by atoms with Crippen molar-refractivity contribution in [3.63, 3.8) is 0 Å². The van der Waals surface area contributed by atoms with Gasteiger partial charge < -0.3 is 0 Å². The fourth-order valence-electron chi connectivity index (χ4n) is 1.35. The number of rotatable bonds is 0. The lowest BCUT2D eigenvalue weighted by Gasteiger charge is -2.25. The van der Waals surface area contributed by atoms with E-state index in [4.69, 9.17) is 0 Å². The van der Waals surface area contributed by atoms with Crippen molar-refractivity contribution in [1.29, 1.82) is 0 Å². The number of carbonyl (C=O) groups excluding carboxylic acids is 1. The highest BCUT2D eigenvalue weighted by atomic mass is 19.1. The van der Waals surface area contributed by atoms with Crippen LogP contribution in [-0.4, -0.2) is 12.0 Å². The van der Waals surface area contributed by atoms with Gasteiger partial charge in [0.15, 0.2) is 12.0 Å². The van der Waals surface area contributed by atoms with Gasteiger partial charge in [-0.15, -0.1) is 0 Å². The molecule has 1 aliphatic rings. The highest BCUT2D eigenvalue weighted by Crippen LogP contribution is 2.27. The Balaban J connectivity index is 2.60. The molecule has 0 aromatic rings. The molecule has 0 saturated heterocycles. The van der Waals surface area contributed by atoms with Crippen LogP contribution in [0.1, 0.15) is 26.7 Å². The first-order valence-electron chi connectivity index (χ1n) is 3.80. The van der Waals surface area contributed by atoms with Crippen LogP contribution in [0.25, 0.3) is 0 Å². The van der Waals surface area contributed by atoms with Crippen molar-refractivity contribution in [2.24, 2.45) is 11.8 Å². The summed E-state index contributed by atoms with van der Waals surface area (Å²) in [7, 11) is 0. The summed E-state index contributed by atoms with van der Waals surface area (Å²) in [5.41, 5.74) is 0. The summed E-state index contributed by atoms with van der Waals surface area (Å²) < 4.78 is 12.9. The van der Waals surface area contributed by atoms with E-state index in [0.717, 1.165) is 12.8 Å². The van der Waals surface area contributed by atoms with Crippen LogP contribution < -0.4 is 0 Å². The minimum atomic E-state index is -1.19. The lowest BCUT2D eigenvalue weighted by Crippen LogP contribution is -2.33. The summed E-state index contributed by atoms with van der Waals surface area (Å²) in [5.74, 6) is -0.298. The van der Waals surface area contributed by atoms with Gasteiger partial charge in [-0.05, 0) is 18.8 Å². The van der Waals surface area contributed by atoms with Crippen LogP contribution in [0.2, 0.25) is 0 Å². The molecule has 10 heavy (non-hydrogen) atoms. The average molecular weight is 144 g/mol. The lowest BCUT2D eigenvalue weighted by molar-refractivity contribution is -0.131. The topological polar surface area (TPSA) is 17.1 Å². The number of carbonyl (C=O) groups is 1. The minimum Gasteiger partial charge on any atom is -0.296 e. The number of hydrogen-bond donors (Lipinski definition) is 0. The van der Waals surface area contributed by atoms with Gasteiger partial charge in [-0.1, -0.05) is 13.8 Å². The van der Waals surface area contributed by atoms with E-state index in [1.807, 2.05) is 0 Å². The van der Waals surface area contributed by atoms with Gasteiger partial charge in [0.25, 0.3) is 0 Å². The highest BCUT2D eigenvalue weighted by Gasteiger charge is 2.33. The number of halogens is 1. The molecule has 1 rings (SSSR count). The van der Waals surface area contributed by atoms with Gasteiger partial charge in [-0.25, -0.2) is 4.39 Å². The molecule has 1 aliphatic carbocycles. The van der Waals surface area contributed by atoms with E-state index >= 15 is 0 Å². The summed E-state index contributed by atoms with van der Waals surface area (Å²) in [5, 5.41) is 0. The maximum absolute atomic E-state index is 12.9. The molecule has 0 bridgehead atoms.